The third kappa shape index (κ3) is 3.90. The largest absolute Gasteiger partial charge is 0.357 e. The van der Waals surface area contributed by atoms with Crippen LogP contribution in [0.5, 0.6) is 0 Å². The summed E-state index contributed by atoms with van der Waals surface area (Å²) in [6.07, 6.45) is 5.23. The van der Waals surface area contributed by atoms with Crippen molar-refractivity contribution in [2.45, 2.75) is 45.7 Å². The third-order valence-corrected chi connectivity index (χ3v) is 3.75. The maximum Gasteiger partial charge on any atom is 0.170 e. The van der Waals surface area contributed by atoms with Gasteiger partial charge in [0.05, 0.1) is 0 Å². The van der Waals surface area contributed by atoms with Crippen LogP contribution in [0, 0.1) is 11.7 Å². The van der Waals surface area contributed by atoms with E-state index in [0.717, 1.165) is 13.0 Å². The van der Waals surface area contributed by atoms with Gasteiger partial charge in [-0.05, 0) is 24.8 Å². The van der Waals surface area contributed by atoms with E-state index in [2.05, 4.69) is 24.1 Å². The van der Waals surface area contributed by atoms with Crippen molar-refractivity contribution < 1.29 is 4.39 Å². The van der Waals surface area contributed by atoms with Crippen molar-refractivity contribution in [3.8, 4) is 0 Å². The van der Waals surface area contributed by atoms with Gasteiger partial charge in [0.2, 0.25) is 0 Å². The molecule has 0 amide bonds. The fraction of sp³-hybridized carbons (Fsp3) is 0.667. The van der Waals surface area contributed by atoms with Crippen LogP contribution in [-0.2, 0) is 6.54 Å². The van der Waals surface area contributed by atoms with E-state index < -0.39 is 0 Å². The number of nitrogens with zero attached hydrogens (tertiary/aromatic N) is 2. The molecule has 1 N–H and O–H groups in total. The molecular formula is C15H24FN3. The normalized spacial score (nSPS) is 16.4. The molecule has 1 aromatic heterocycles. The molecule has 3 nitrogen and oxygen atoms in total. The Kier molecular flexibility index (Phi) is 4.75. The van der Waals surface area contributed by atoms with Crippen LogP contribution in [-0.4, -0.2) is 24.6 Å². The first-order valence-electron chi connectivity index (χ1n) is 7.19. The number of pyridine rings is 1. The molecule has 0 saturated heterocycles. The van der Waals surface area contributed by atoms with Gasteiger partial charge >= 0.3 is 0 Å². The molecule has 1 atom stereocenters. The molecule has 2 rings (SSSR count). The van der Waals surface area contributed by atoms with Crippen LogP contribution in [0.15, 0.2) is 12.3 Å². The summed E-state index contributed by atoms with van der Waals surface area (Å²) in [6, 6.07) is 2.36. The molecule has 1 fully saturated rings. The van der Waals surface area contributed by atoms with Gasteiger partial charge in [0.15, 0.2) is 11.6 Å². The van der Waals surface area contributed by atoms with E-state index in [1.54, 1.807) is 12.3 Å². The van der Waals surface area contributed by atoms with Gasteiger partial charge in [0.1, 0.15) is 0 Å². The number of nitrogens with one attached hydrogen (secondary N) is 1. The highest BCUT2D eigenvalue weighted by molar-refractivity contribution is 5.42. The van der Waals surface area contributed by atoms with Crippen molar-refractivity contribution in [2.75, 3.05) is 18.5 Å². The van der Waals surface area contributed by atoms with Gasteiger partial charge < -0.3 is 10.2 Å². The zero-order chi connectivity index (χ0) is 13.8. The van der Waals surface area contributed by atoms with Crippen LogP contribution in [0.3, 0.4) is 0 Å². The van der Waals surface area contributed by atoms with E-state index >= 15 is 0 Å². The molecular weight excluding hydrogens is 241 g/mol. The first-order valence-corrected chi connectivity index (χ1v) is 7.19. The molecule has 106 valence electrons. The Bertz CT molecular complexity index is 418. The second-order valence-corrected chi connectivity index (χ2v) is 5.66. The maximum atomic E-state index is 14.4. The molecule has 0 radical (unpaired) electrons. The maximum absolute atomic E-state index is 14.4. The second kappa shape index (κ2) is 6.33. The molecule has 1 aliphatic rings. The minimum atomic E-state index is -0.179. The van der Waals surface area contributed by atoms with Crippen LogP contribution in [0.1, 0.15) is 38.7 Å². The summed E-state index contributed by atoms with van der Waals surface area (Å²) in [4.78, 5) is 6.11. The summed E-state index contributed by atoms with van der Waals surface area (Å²) in [5.41, 5.74) is 0.716. The van der Waals surface area contributed by atoms with Crippen molar-refractivity contribution in [2.24, 2.45) is 5.92 Å². The van der Waals surface area contributed by atoms with Gasteiger partial charge in [-0.25, -0.2) is 9.37 Å². The summed E-state index contributed by atoms with van der Waals surface area (Å²) < 4.78 is 14.4. The van der Waals surface area contributed by atoms with E-state index in [-0.39, 0.29) is 5.82 Å². The van der Waals surface area contributed by atoms with Crippen molar-refractivity contribution in [3.63, 3.8) is 0 Å². The zero-order valence-corrected chi connectivity index (χ0v) is 12.1. The van der Waals surface area contributed by atoms with Gasteiger partial charge in [-0.1, -0.05) is 20.3 Å². The average molecular weight is 265 g/mol. The Morgan fingerprint density at radius 2 is 2.26 bits per heavy atom. The molecule has 19 heavy (non-hydrogen) atoms. The van der Waals surface area contributed by atoms with Crippen LogP contribution < -0.4 is 10.2 Å². The molecule has 1 saturated carbocycles. The molecule has 0 aliphatic heterocycles. The third-order valence-electron chi connectivity index (χ3n) is 3.75. The number of hydrogen-bond donors (Lipinski definition) is 1. The number of rotatable bonds is 7. The fourth-order valence-electron chi connectivity index (χ4n) is 2.10. The Hall–Kier alpha value is -1.16. The predicted octanol–water partition coefficient (Wildman–Crippen LogP) is 2.96. The molecule has 4 heteroatoms. The van der Waals surface area contributed by atoms with E-state index in [1.807, 2.05) is 11.9 Å². The number of halogens is 1. The SMILES string of the molecule is CCC(C)CN(C)c1nccc(CNC2CC2)c1F. The molecule has 1 aromatic rings. The molecule has 0 aromatic carbocycles. The lowest BCUT2D eigenvalue weighted by Gasteiger charge is -2.23. The van der Waals surface area contributed by atoms with Gasteiger partial charge in [0, 0.05) is 37.9 Å². The van der Waals surface area contributed by atoms with Crippen LogP contribution in [0.4, 0.5) is 10.2 Å². The highest BCUT2D eigenvalue weighted by atomic mass is 19.1. The number of anilines is 1. The van der Waals surface area contributed by atoms with Crippen LogP contribution in [0.2, 0.25) is 0 Å². The molecule has 1 unspecified atom stereocenters. The van der Waals surface area contributed by atoms with Crippen molar-refractivity contribution in [1.29, 1.82) is 0 Å². The monoisotopic (exact) mass is 265 g/mol. The van der Waals surface area contributed by atoms with Crippen LogP contribution in [0.25, 0.3) is 0 Å². The smallest absolute Gasteiger partial charge is 0.170 e. The standard InChI is InChI=1S/C15H24FN3/c1-4-11(2)10-19(3)15-14(16)12(7-8-17-15)9-18-13-5-6-13/h7-8,11,13,18H,4-6,9-10H2,1-3H3. The van der Waals surface area contributed by atoms with Gasteiger partial charge in [0.25, 0.3) is 0 Å². The molecule has 1 heterocycles. The first kappa shape index (κ1) is 14.3. The molecule has 1 aliphatic carbocycles. The Morgan fingerprint density at radius 1 is 1.53 bits per heavy atom. The average Bonchev–Trinajstić information content (AvgIpc) is 3.21. The highest BCUT2D eigenvalue weighted by Gasteiger charge is 2.21. The Balaban J connectivity index is 2.04. The topological polar surface area (TPSA) is 28.2 Å². The molecule has 0 bridgehead atoms. The van der Waals surface area contributed by atoms with E-state index in [9.17, 15) is 4.39 Å². The summed E-state index contributed by atoms with van der Waals surface area (Å²) >= 11 is 0. The number of aromatic nitrogens is 1. The summed E-state index contributed by atoms with van der Waals surface area (Å²) in [7, 11) is 1.91. The van der Waals surface area contributed by atoms with Gasteiger partial charge in [-0.2, -0.15) is 0 Å². The quantitative estimate of drug-likeness (QED) is 0.821. The van der Waals surface area contributed by atoms with E-state index in [0.29, 0.717) is 29.9 Å². The lowest BCUT2D eigenvalue weighted by Crippen LogP contribution is -2.26. The fourth-order valence-corrected chi connectivity index (χ4v) is 2.10. The second-order valence-electron chi connectivity index (χ2n) is 5.66. The first-order chi connectivity index (χ1) is 9.11. The van der Waals surface area contributed by atoms with Crippen molar-refractivity contribution >= 4 is 5.82 Å². The highest BCUT2D eigenvalue weighted by Crippen LogP contribution is 2.22. The minimum Gasteiger partial charge on any atom is -0.357 e. The lowest BCUT2D eigenvalue weighted by atomic mass is 10.1. The summed E-state index contributed by atoms with van der Waals surface area (Å²) in [5.74, 6) is 0.830. The summed E-state index contributed by atoms with van der Waals surface area (Å²) in [5, 5.41) is 3.35. The van der Waals surface area contributed by atoms with Crippen molar-refractivity contribution in [3.05, 3.63) is 23.6 Å². The lowest BCUT2D eigenvalue weighted by molar-refractivity contribution is 0.539. The zero-order valence-electron chi connectivity index (χ0n) is 12.1. The van der Waals surface area contributed by atoms with E-state index in [4.69, 9.17) is 0 Å². The van der Waals surface area contributed by atoms with Crippen LogP contribution >= 0.6 is 0 Å². The molecule has 0 spiro atoms. The van der Waals surface area contributed by atoms with Gasteiger partial charge in [-0.15, -0.1) is 0 Å². The van der Waals surface area contributed by atoms with E-state index in [1.165, 1.54) is 12.8 Å². The minimum absolute atomic E-state index is 0.179. The predicted molar refractivity (Wildman–Crippen MR) is 76.8 cm³/mol. The van der Waals surface area contributed by atoms with Gasteiger partial charge in [-0.3, -0.25) is 0 Å². The summed E-state index contributed by atoms with van der Waals surface area (Å²) in [6.45, 7) is 5.76. The number of hydrogen-bond acceptors (Lipinski definition) is 3. The Labute approximate surface area is 115 Å². The van der Waals surface area contributed by atoms with Crippen molar-refractivity contribution in [1.82, 2.24) is 10.3 Å². The Morgan fingerprint density at radius 3 is 2.89 bits per heavy atom.